The summed E-state index contributed by atoms with van der Waals surface area (Å²) in [6, 6.07) is 5.97. The van der Waals surface area contributed by atoms with Gasteiger partial charge in [0.15, 0.2) is 0 Å². The standard InChI is InChI=1S/C14H12N2O3S/c1-9-15-8-12(20-9)6-7-13(17)16-11-4-2-10(3-5-11)14(18)19/h2-8H,1H3,(H,16,17)(H,18,19). The van der Waals surface area contributed by atoms with Crippen LogP contribution in [0.1, 0.15) is 20.2 Å². The van der Waals surface area contributed by atoms with E-state index < -0.39 is 5.97 Å². The van der Waals surface area contributed by atoms with Gasteiger partial charge in [0.2, 0.25) is 5.91 Å². The number of hydrogen-bond acceptors (Lipinski definition) is 4. The number of carbonyl (C=O) groups excluding carboxylic acids is 1. The number of anilines is 1. The highest BCUT2D eigenvalue weighted by atomic mass is 32.1. The summed E-state index contributed by atoms with van der Waals surface area (Å²) < 4.78 is 0. The van der Waals surface area contributed by atoms with Gasteiger partial charge >= 0.3 is 5.97 Å². The molecule has 2 rings (SSSR count). The highest BCUT2D eigenvalue weighted by Gasteiger charge is 2.03. The molecule has 6 heteroatoms. The molecule has 0 atom stereocenters. The number of amides is 1. The third kappa shape index (κ3) is 3.76. The number of nitrogens with zero attached hydrogens (tertiary/aromatic N) is 1. The van der Waals surface area contributed by atoms with Crippen LogP contribution in [0.5, 0.6) is 0 Å². The van der Waals surface area contributed by atoms with E-state index >= 15 is 0 Å². The predicted octanol–water partition coefficient (Wildman–Crippen LogP) is 2.80. The van der Waals surface area contributed by atoms with Crippen LogP contribution < -0.4 is 5.32 Å². The van der Waals surface area contributed by atoms with E-state index in [2.05, 4.69) is 10.3 Å². The molecule has 0 radical (unpaired) electrons. The van der Waals surface area contributed by atoms with Gasteiger partial charge in [-0.2, -0.15) is 0 Å². The highest BCUT2D eigenvalue weighted by molar-refractivity contribution is 7.12. The van der Waals surface area contributed by atoms with Crippen molar-refractivity contribution in [3.05, 3.63) is 52.0 Å². The normalized spacial score (nSPS) is 10.7. The average molecular weight is 288 g/mol. The largest absolute Gasteiger partial charge is 0.478 e. The van der Waals surface area contributed by atoms with Crippen molar-refractivity contribution in [1.29, 1.82) is 0 Å². The molecule has 1 aromatic carbocycles. The molecule has 5 nitrogen and oxygen atoms in total. The topological polar surface area (TPSA) is 79.3 Å². The molecular formula is C14H12N2O3S. The average Bonchev–Trinajstić information content (AvgIpc) is 2.83. The van der Waals surface area contributed by atoms with Crippen LogP contribution in [0.15, 0.2) is 36.5 Å². The molecule has 1 heterocycles. The van der Waals surface area contributed by atoms with E-state index in [-0.39, 0.29) is 11.5 Å². The van der Waals surface area contributed by atoms with E-state index in [1.54, 1.807) is 24.4 Å². The number of aromatic nitrogens is 1. The van der Waals surface area contributed by atoms with Gasteiger partial charge in [0.25, 0.3) is 0 Å². The third-order valence-corrected chi connectivity index (χ3v) is 3.32. The van der Waals surface area contributed by atoms with Gasteiger partial charge in [-0.15, -0.1) is 11.3 Å². The van der Waals surface area contributed by atoms with Crippen LogP contribution in [-0.2, 0) is 4.79 Å². The van der Waals surface area contributed by atoms with E-state index in [0.717, 1.165) is 9.88 Å². The number of aromatic carboxylic acids is 1. The number of nitrogens with one attached hydrogen (secondary N) is 1. The molecule has 1 aromatic heterocycles. The van der Waals surface area contributed by atoms with Gasteiger partial charge < -0.3 is 10.4 Å². The number of carbonyl (C=O) groups is 2. The Balaban J connectivity index is 1.97. The first-order chi connectivity index (χ1) is 9.54. The Morgan fingerprint density at radius 3 is 2.55 bits per heavy atom. The smallest absolute Gasteiger partial charge is 0.335 e. The molecule has 0 saturated heterocycles. The monoisotopic (exact) mass is 288 g/mol. The molecule has 102 valence electrons. The summed E-state index contributed by atoms with van der Waals surface area (Å²) in [5, 5.41) is 12.4. The van der Waals surface area contributed by atoms with Gasteiger partial charge in [0.05, 0.1) is 10.6 Å². The van der Waals surface area contributed by atoms with Crippen LogP contribution in [0.3, 0.4) is 0 Å². The zero-order chi connectivity index (χ0) is 14.5. The fourth-order valence-corrected chi connectivity index (χ4v) is 2.18. The van der Waals surface area contributed by atoms with E-state index in [4.69, 9.17) is 5.11 Å². The van der Waals surface area contributed by atoms with Crippen LogP contribution in [0.25, 0.3) is 6.08 Å². The number of benzene rings is 1. The second kappa shape index (κ2) is 6.12. The minimum atomic E-state index is -0.997. The van der Waals surface area contributed by atoms with Gasteiger partial charge in [0, 0.05) is 22.8 Å². The van der Waals surface area contributed by atoms with Gasteiger partial charge in [0.1, 0.15) is 0 Å². The lowest BCUT2D eigenvalue weighted by molar-refractivity contribution is -0.111. The molecule has 0 fully saturated rings. The molecule has 0 aliphatic carbocycles. The van der Waals surface area contributed by atoms with E-state index in [1.165, 1.54) is 29.5 Å². The summed E-state index contributed by atoms with van der Waals surface area (Å²) in [7, 11) is 0. The van der Waals surface area contributed by atoms with E-state index in [9.17, 15) is 9.59 Å². The number of carboxylic acids is 1. The third-order valence-electron chi connectivity index (χ3n) is 2.44. The quantitative estimate of drug-likeness (QED) is 0.848. The van der Waals surface area contributed by atoms with Crippen LogP contribution in [0.2, 0.25) is 0 Å². The summed E-state index contributed by atoms with van der Waals surface area (Å²) >= 11 is 1.50. The molecule has 2 aromatic rings. The minimum absolute atomic E-state index is 0.179. The lowest BCUT2D eigenvalue weighted by Crippen LogP contribution is -2.07. The first-order valence-electron chi connectivity index (χ1n) is 5.79. The first kappa shape index (κ1) is 14.0. The van der Waals surface area contributed by atoms with Gasteiger partial charge in [-0.1, -0.05) is 0 Å². The van der Waals surface area contributed by atoms with Crippen LogP contribution in [0, 0.1) is 6.92 Å². The SMILES string of the molecule is Cc1ncc(C=CC(=O)Nc2ccc(C(=O)O)cc2)s1. The van der Waals surface area contributed by atoms with Crippen molar-refractivity contribution < 1.29 is 14.7 Å². The fourth-order valence-electron chi connectivity index (χ4n) is 1.49. The van der Waals surface area contributed by atoms with Crippen molar-refractivity contribution in [2.24, 2.45) is 0 Å². The first-order valence-corrected chi connectivity index (χ1v) is 6.61. The number of hydrogen-bond donors (Lipinski definition) is 2. The molecule has 1 amide bonds. The molecule has 2 N–H and O–H groups in total. The van der Waals surface area contributed by atoms with E-state index in [0.29, 0.717) is 5.69 Å². The Hall–Kier alpha value is -2.47. The van der Waals surface area contributed by atoms with Gasteiger partial charge in [-0.25, -0.2) is 9.78 Å². The van der Waals surface area contributed by atoms with Gasteiger partial charge in [-0.3, -0.25) is 4.79 Å². The number of carboxylic acid groups (broad SMARTS) is 1. The van der Waals surface area contributed by atoms with Crippen molar-refractivity contribution >= 4 is 35.0 Å². The van der Waals surface area contributed by atoms with Crippen LogP contribution in [0.4, 0.5) is 5.69 Å². The Morgan fingerprint density at radius 1 is 1.30 bits per heavy atom. The Morgan fingerprint density at radius 2 is 2.00 bits per heavy atom. The summed E-state index contributed by atoms with van der Waals surface area (Å²) in [6.07, 6.45) is 4.80. The lowest BCUT2D eigenvalue weighted by atomic mass is 10.2. The second-order valence-corrected chi connectivity index (χ2v) is 5.25. The zero-order valence-corrected chi connectivity index (χ0v) is 11.5. The summed E-state index contributed by atoms with van der Waals surface area (Å²) in [4.78, 5) is 27.4. The maximum absolute atomic E-state index is 11.7. The molecule has 0 bridgehead atoms. The van der Waals surface area contributed by atoms with Crippen LogP contribution >= 0.6 is 11.3 Å². The summed E-state index contributed by atoms with van der Waals surface area (Å²) in [5.41, 5.74) is 0.726. The maximum atomic E-state index is 11.7. The van der Waals surface area contributed by atoms with Crippen molar-refractivity contribution in [3.63, 3.8) is 0 Å². The summed E-state index contributed by atoms with van der Waals surface area (Å²) in [6.45, 7) is 1.89. The molecule has 0 unspecified atom stereocenters. The molecule has 0 spiro atoms. The van der Waals surface area contributed by atoms with E-state index in [1.807, 2.05) is 6.92 Å². The number of thiazole rings is 1. The highest BCUT2D eigenvalue weighted by Crippen LogP contribution is 2.13. The zero-order valence-electron chi connectivity index (χ0n) is 10.7. The molecule has 20 heavy (non-hydrogen) atoms. The second-order valence-electron chi connectivity index (χ2n) is 3.99. The van der Waals surface area contributed by atoms with Crippen molar-refractivity contribution in [2.75, 3.05) is 5.32 Å². The predicted molar refractivity (Wildman–Crippen MR) is 77.9 cm³/mol. The molecule has 0 aliphatic heterocycles. The fraction of sp³-hybridized carbons (Fsp3) is 0.0714. The van der Waals surface area contributed by atoms with Gasteiger partial charge in [-0.05, 0) is 37.3 Å². The molecule has 0 saturated carbocycles. The van der Waals surface area contributed by atoms with Crippen molar-refractivity contribution in [2.45, 2.75) is 6.92 Å². The Kier molecular flexibility index (Phi) is 4.27. The van der Waals surface area contributed by atoms with Crippen molar-refractivity contribution in [1.82, 2.24) is 4.98 Å². The Labute approximate surface area is 119 Å². The molecular weight excluding hydrogens is 276 g/mol. The lowest BCUT2D eigenvalue weighted by Gasteiger charge is -2.02. The number of rotatable bonds is 4. The maximum Gasteiger partial charge on any atom is 0.335 e. The minimum Gasteiger partial charge on any atom is -0.478 e. The molecule has 0 aliphatic rings. The van der Waals surface area contributed by atoms with Crippen molar-refractivity contribution in [3.8, 4) is 0 Å². The van der Waals surface area contributed by atoms with Crippen LogP contribution in [-0.4, -0.2) is 22.0 Å². The Bertz CT molecular complexity index is 659. The summed E-state index contributed by atoms with van der Waals surface area (Å²) in [5.74, 6) is -1.28. The number of aryl methyl sites for hydroxylation is 1.